The minimum Gasteiger partial charge on any atom is -0.377 e. The molecule has 0 amide bonds. The molecule has 0 radical (unpaired) electrons. The summed E-state index contributed by atoms with van der Waals surface area (Å²) in [5.41, 5.74) is 0. The molecule has 0 saturated carbocycles. The van der Waals surface area contributed by atoms with Crippen LogP contribution in [0.1, 0.15) is 44.4 Å². The van der Waals surface area contributed by atoms with Gasteiger partial charge in [0.1, 0.15) is 12.4 Å². The average Bonchev–Trinajstić information content (AvgIpc) is 2.81. The Balaban J connectivity index is 2.20. The van der Waals surface area contributed by atoms with Gasteiger partial charge >= 0.3 is 0 Å². The molecule has 1 atom stereocenters. The van der Waals surface area contributed by atoms with E-state index >= 15 is 0 Å². The van der Waals surface area contributed by atoms with Crippen LogP contribution in [0, 0.1) is 0 Å². The van der Waals surface area contributed by atoms with Crippen LogP contribution < -0.4 is 4.72 Å². The molecule has 8 nitrogen and oxygen atoms in total. The van der Waals surface area contributed by atoms with Crippen LogP contribution in [0.3, 0.4) is 0 Å². The van der Waals surface area contributed by atoms with Crippen molar-refractivity contribution < 1.29 is 13.2 Å². The summed E-state index contributed by atoms with van der Waals surface area (Å²) in [6.45, 7) is 4.74. The Labute approximate surface area is 125 Å². The zero-order valence-electron chi connectivity index (χ0n) is 12.9. The van der Waals surface area contributed by atoms with Crippen LogP contribution in [0.15, 0.2) is 0 Å². The number of aryl methyl sites for hydroxylation is 1. The maximum absolute atomic E-state index is 12.3. The van der Waals surface area contributed by atoms with Gasteiger partial charge in [-0.2, -0.15) is 22.5 Å². The van der Waals surface area contributed by atoms with E-state index in [0.29, 0.717) is 18.3 Å². The molecular formula is C12H23N5O3S. The predicted molar refractivity (Wildman–Crippen MR) is 77.7 cm³/mol. The lowest BCUT2D eigenvalue weighted by Gasteiger charge is -2.27. The average molecular weight is 317 g/mol. The van der Waals surface area contributed by atoms with Gasteiger partial charge in [0.15, 0.2) is 5.82 Å². The van der Waals surface area contributed by atoms with Gasteiger partial charge in [0.2, 0.25) is 0 Å². The highest BCUT2D eigenvalue weighted by Crippen LogP contribution is 2.24. The highest BCUT2D eigenvalue weighted by atomic mass is 32.2. The molecule has 0 bridgehead atoms. The minimum atomic E-state index is -3.53. The molecule has 1 aliphatic rings. The van der Waals surface area contributed by atoms with Gasteiger partial charge in [0.25, 0.3) is 10.2 Å². The van der Waals surface area contributed by atoms with Crippen molar-refractivity contribution in [1.82, 2.24) is 23.8 Å². The van der Waals surface area contributed by atoms with Crippen LogP contribution in [0.25, 0.3) is 0 Å². The van der Waals surface area contributed by atoms with Crippen molar-refractivity contribution in [2.45, 2.75) is 51.9 Å². The molecule has 1 N–H and O–H groups in total. The van der Waals surface area contributed by atoms with E-state index in [2.05, 4.69) is 14.8 Å². The third kappa shape index (κ3) is 3.60. The Morgan fingerprint density at radius 2 is 2.24 bits per heavy atom. The molecule has 0 aromatic carbocycles. The molecular weight excluding hydrogens is 294 g/mol. The normalized spacial score (nSPS) is 19.2. The molecule has 0 fully saturated rings. The van der Waals surface area contributed by atoms with E-state index < -0.39 is 10.2 Å². The monoisotopic (exact) mass is 317 g/mol. The molecule has 1 aliphatic heterocycles. The fraction of sp³-hybridized carbons (Fsp3) is 0.833. The Bertz CT molecular complexity index is 584. The van der Waals surface area contributed by atoms with Gasteiger partial charge < -0.3 is 4.74 Å². The lowest BCUT2D eigenvalue weighted by molar-refractivity contribution is 0.177. The maximum atomic E-state index is 12.3. The van der Waals surface area contributed by atoms with Gasteiger partial charge in [-0.3, -0.25) is 0 Å². The molecule has 0 unspecified atom stereocenters. The van der Waals surface area contributed by atoms with E-state index in [1.165, 1.54) is 4.31 Å². The summed E-state index contributed by atoms with van der Waals surface area (Å²) >= 11 is 0. The van der Waals surface area contributed by atoms with Crippen molar-refractivity contribution >= 4 is 10.2 Å². The van der Waals surface area contributed by atoms with Gasteiger partial charge in [0.05, 0.1) is 6.04 Å². The first-order chi connectivity index (χ1) is 9.85. The van der Waals surface area contributed by atoms with E-state index in [1.807, 2.05) is 13.8 Å². The van der Waals surface area contributed by atoms with Gasteiger partial charge in [-0.25, -0.2) is 9.67 Å². The van der Waals surface area contributed by atoms with Crippen molar-refractivity contribution in [2.24, 2.45) is 0 Å². The number of hydrogen-bond acceptors (Lipinski definition) is 5. The second-order valence-electron chi connectivity index (χ2n) is 5.47. The summed E-state index contributed by atoms with van der Waals surface area (Å²) in [5, 5.41) is 4.33. The molecule has 1 aromatic heterocycles. The molecule has 2 rings (SSSR count). The molecule has 0 saturated heterocycles. The Hall–Kier alpha value is -1.03. The number of rotatable bonds is 6. The smallest absolute Gasteiger partial charge is 0.280 e. The van der Waals surface area contributed by atoms with Gasteiger partial charge in [-0.15, -0.1) is 0 Å². The number of fused-ring (bicyclic) bond motifs is 1. The zero-order valence-corrected chi connectivity index (χ0v) is 13.7. The number of nitrogens with zero attached hydrogens (tertiary/aromatic N) is 4. The lowest BCUT2D eigenvalue weighted by Crippen LogP contribution is -2.44. The van der Waals surface area contributed by atoms with E-state index in [4.69, 9.17) is 4.74 Å². The summed E-state index contributed by atoms with van der Waals surface area (Å²) in [6.07, 6.45) is 1.58. The topological polar surface area (TPSA) is 89.3 Å². The molecule has 9 heteroatoms. The highest BCUT2D eigenvalue weighted by molar-refractivity contribution is 7.87. The molecule has 0 spiro atoms. The Morgan fingerprint density at radius 3 is 2.86 bits per heavy atom. The number of hydrogen-bond donors (Lipinski definition) is 1. The van der Waals surface area contributed by atoms with Crippen molar-refractivity contribution in [3.63, 3.8) is 0 Å². The summed E-state index contributed by atoms with van der Waals surface area (Å²) in [4.78, 5) is 4.39. The van der Waals surface area contributed by atoms with Crippen LogP contribution >= 0.6 is 0 Å². The first-order valence-corrected chi connectivity index (χ1v) is 8.47. The maximum Gasteiger partial charge on any atom is 0.280 e. The molecule has 120 valence electrons. The Kier molecular flexibility index (Phi) is 4.97. The van der Waals surface area contributed by atoms with E-state index in [0.717, 1.165) is 19.4 Å². The van der Waals surface area contributed by atoms with Crippen LogP contribution in [-0.4, -0.2) is 47.7 Å². The summed E-state index contributed by atoms with van der Waals surface area (Å²) < 4.78 is 35.5. The minimum absolute atomic E-state index is 0.104. The van der Waals surface area contributed by atoms with E-state index in [9.17, 15) is 8.42 Å². The molecule has 21 heavy (non-hydrogen) atoms. The van der Waals surface area contributed by atoms with Crippen molar-refractivity contribution in [1.29, 1.82) is 0 Å². The molecule has 2 heterocycles. The SMILES string of the molecule is COCc1nc2n(n1)CCC[C@@H]2NS(=O)(=O)N(C)C(C)C. The van der Waals surface area contributed by atoms with Gasteiger partial charge in [0, 0.05) is 26.7 Å². The highest BCUT2D eigenvalue weighted by Gasteiger charge is 2.30. The second kappa shape index (κ2) is 6.39. The number of methoxy groups -OCH3 is 1. The standard InChI is InChI=1S/C12H23N5O3S/c1-9(2)16(3)21(18,19)15-10-6-5-7-17-12(10)13-11(14-17)8-20-4/h9-10,15H,5-8H2,1-4H3/t10-/m0/s1. The summed E-state index contributed by atoms with van der Waals surface area (Å²) in [6, 6.07) is -0.448. The van der Waals surface area contributed by atoms with Crippen LogP contribution in [0.4, 0.5) is 0 Å². The quantitative estimate of drug-likeness (QED) is 0.822. The summed E-state index contributed by atoms with van der Waals surface area (Å²) in [5.74, 6) is 1.24. The third-order valence-electron chi connectivity index (χ3n) is 3.59. The zero-order chi connectivity index (χ0) is 15.6. The predicted octanol–water partition coefficient (Wildman–Crippen LogP) is 0.434. The van der Waals surface area contributed by atoms with E-state index in [-0.39, 0.29) is 12.1 Å². The molecule has 1 aromatic rings. The van der Waals surface area contributed by atoms with Crippen LogP contribution in [-0.2, 0) is 28.1 Å². The first-order valence-electron chi connectivity index (χ1n) is 7.03. The largest absolute Gasteiger partial charge is 0.377 e. The van der Waals surface area contributed by atoms with Crippen molar-refractivity contribution in [2.75, 3.05) is 14.2 Å². The van der Waals surface area contributed by atoms with Crippen molar-refractivity contribution in [3.8, 4) is 0 Å². The number of nitrogens with one attached hydrogen (secondary N) is 1. The number of aromatic nitrogens is 3. The molecule has 0 aliphatic carbocycles. The van der Waals surface area contributed by atoms with Gasteiger partial charge in [-0.1, -0.05) is 0 Å². The fourth-order valence-electron chi connectivity index (χ4n) is 2.24. The van der Waals surface area contributed by atoms with Crippen LogP contribution in [0.5, 0.6) is 0 Å². The van der Waals surface area contributed by atoms with E-state index in [1.54, 1.807) is 18.8 Å². The number of ether oxygens (including phenoxy) is 1. The lowest BCUT2D eigenvalue weighted by atomic mass is 10.1. The summed E-state index contributed by atoms with van der Waals surface area (Å²) in [7, 11) is -0.386. The second-order valence-corrected chi connectivity index (χ2v) is 7.23. The Morgan fingerprint density at radius 1 is 1.52 bits per heavy atom. The van der Waals surface area contributed by atoms with Gasteiger partial charge in [-0.05, 0) is 26.7 Å². The van der Waals surface area contributed by atoms with Crippen LogP contribution in [0.2, 0.25) is 0 Å². The first kappa shape index (κ1) is 16.3. The fourth-order valence-corrected chi connectivity index (χ4v) is 3.55. The third-order valence-corrected chi connectivity index (χ3v) is 5.35. The van der Waals surface area contributed by atoms with Crippen molar-refractivity contribution in [3.05, 3.63) is 11.6 Å².